The molecular formula is C22H23FN4O. The van der Waals surface area contributed by atoms with Gasteiger partial charge in [0, 0.05) is 11.4 Å². The van der Waals surface area contributed by atoms with E-state index in [2.05, 4.69) is 34.4 Å². The number of nitrogens with zero attached hydrogens (tertiary/aromatic N) is 2. The number of nitrogens with one attached hydrogen (secondary N) is 2. The van der Waals surface area contributed by atoms with Crippen LogP contribution in [0, 0.1) is 19.7 Å². The molecule has 6 heteroatoms. The van der Waals surface area contributed by atoms with Gasteiger partial charge in [-0.15, -0.1) is 0 Å². The minimum atomic E-state index is -0.417. The van der Waals surface area contributed by atoms with Gasteiger partial charge in [0.05, 0.1) is 5.69 Å². The molecule has 2 N–H and O–H groups in total. The highest BCUT2D eigenvalue weighted by Crippen LogP contribution is 2.28. The van der Waals surface area contributed by atoms with E-state index in [9.17, 15) is 9.18 Å². The molecule has 3 aromatic rings. The average Bonchev–Trinajstić information content (AvgIpc) is 2.64. The van der Waals surface area contributed by atoms with E-state index >= 15 is 0 Å². The Morgan fingerprint density at radius 1 is 1.04 bits per heavy atom. The smallest absolute Gasteiger partial charge is 0.274 e. The number of aryl methyl sites for hydroxylation is 2. The quantitative estimate of drug-likeness (QED) is 0.628. The highest BCUT2D eigenvalue weighted by atomic mass is 19.1. The maximum absolute atomic E-state index is 13.9. The van der Waals surface area contributed by atoms with Gasteiger partial charge in [0.1, 0.15) is 11.5 Å². The van der Waals surface area contributed by atoms with Crippen LogP contribution >= 0.6 is 0 Å². The molecule has 2 aromatic carbocycles. The zero-order valence-corrected chi connectivity index (χ0v) is 16.4. The Morgan fingerprint density at radius 2 is 1.79 bits per heavy atom. The molecule has 1 aromatic heterocycles. The van der Waals surface area contributed by atoms with E-state index in [1.807, 2.05) is 25.1 Å². The number of carbonyl (C=O) groups is 1. The molecule has 0 fully saturated rings. The average molecular weight is 378 g/mol. The van der Waals surface area contributed by atoms with E-state index in [1.54, 1.807) is 31.2 Å². The summed E-state index contributed by atoms with van der Waals surface area (Å²) in [7, 11) is 0. The predicted molar refractivity (Wildman–Crippen MR) is 110 cm³/mol. The van der Waals surface area contributed by atoms with Gasteiger partial charge in [-0.25, -0.2) is 14.4 Å². The van der Waals surface area contributed by atoms with Crippen molar-refractivity contribution in [1.29, 1.82) is 0 Å². The number of hydrogen-bond acceptors (Lipinski definition) is 4. The molecule has 0 saturated heterocycles. The second kappa shape index (κ2) is 8.17. The van der Waals surface area contributed by atoms with E-state index in [1.165, 1.54) is 6.07 Å². The fourth-order valence-electron chi connectivity index (χ4n) is 2.94. The van der Waals surface area contributed by atoms with Crippen LogP contribution in [-0.2, 0) is 0 Å². The van der Waals surface area contributed by atoms with E-state index in [-0.39, 0.29) is 29.2 Å². The molecule has 0 bridgehead atoms. The molecule has 0 unspecified atom stereocenters. The van der Waals surface area contributed by atoms with E-state index in [0.717, 1.165) is 16.8 Å². The summed E-state index contributed by atoms with van der Waals surface area (Å²) in [6.45, 7) is 7.88. The van der Waals surface area contributed by atoms with Crippen LogP contribution in [0.4, 0.5) is 21.7 Å². The molecule has 5 nitrogen and oxygen atoms in total. The number of hydrogen-bond donors (Lipinski definition) is 2. The van der Waals surface area contributed by atoms with Gasteiger partial charge in [-0.2, -0.15) is 0 Å². The monoisotopic (exact) mass is 378 g/mol. The van der Waals surface area contributed by atoms with Crippen molar-refractivity contribution < 1.29 is 9.18 Å². The van der Waals surface area contributed by atoms with Gasteiger partial charge in [-0.05, 0) is 49.1 Å². The van der Waals surface area contributed by atoms with Gasteiger partial charge in [0.25, 0.3) is 5.91 Å². The lowest BCUT2D eigenvalue weighted by atomic mass is 9.98. The van der Waals surface area contributed by atoms with Crippen LogP contribution in [0.25, 0.3) is 0 Å². The molecule has 1 amide bonds. The normalized spacial score (nSPS) is 10.8. The summed E-state index contributed by atoms with van der Waals surface area (Å²) < 4.78 is 13.9. The molecule has 0 saturated carbocycles. The van der Waals surface area contributed by atoms with Gasteiger partial charge in [0.2, 0.25) is 5.95 Å². The fourth-order valence-corrected chi connectivity index (χ4v) is 2.94. The molecule has 0 spiro atoms. The van der Waals surface area contributed by atoms with Crippen molar-refractivity contribution in [3.63, 3.8) is 0 Å². The standard InChI is InChI=1S/C22H23FN4O/c1-13(2)16-9-7-8-14(3)20(16)27-21(28)19-12-15(4)24-22(26-19)25-18-11-6-5-10-17(18)23/h5-13H,1-4H3,(H,27,28)(H,24,25,26). The minimum absolute atomic E-state index is 0.170. The van der Waals surface area contributed by atoms with Crippen molar-refractivity contribution >= 4 is 23.2 Å². The lowest BCUT2D eigenvalue weighted by molar-refractivity contribution is 0.102. The molecule has 0 atom stereocenters. The van der Waals surface area contributed by atoms with Crippen molar-refractivity contribution in [2.24, 2.45) is 0 Å². The van der Waals surface area contributed by atoms with Gasteiger partial charge in [-0.1, -0.05) is 44.2 Å². The Balaban J connectivity index is 1.89. The summed E-state index contributed by atoms with van der Waals surface area (Å²) in [5.74, 6) is -0.317. The topological polar surface area (TPSA) is 66.9 Å². The molecule has 3 rings (SSSR count). The Kier molecular flexibility index (Phi) is 5.68. The third kappa shape index (κ3) is 4.34. The van der Waals surface area contributed by atoms with Gasteiger partial charge in [0.15, 0.2) is 0 Å². The van der Waals surface area contributed by atoms with Crippen LogP contribution in [0.2, 0.25) is 0 Å². The molecule has 28 heavy (non-hydrogen) atoms. The third-order valence-corrected chi connectivity index (χ3v) is 4.37. The SMILES string of the molecule is Cc1cc(C(=O)Nc2c(C)cccc2C(C)C)nc(Nc2ccccc2F)n1. The maximum Gasteiger partial charge on any atom is 0.274 e. The van der Waals surface area contributed by atoms with Crippen molar-refractivity contribution in [3.8, 4) is 0 Å². The molecule has 0 aliphatic heterocycles. The van der Waals surface area contributed by atoms with Gasteiger partial charge >= 0.3 is 0 Å². The maximum atomic E-state index is 13.9. The van der Waals surface area contributed by atoms with Gasteiger partial charge in [-0.3, -0.25) is 4.79 Å². The summed E-state index contributed by atoms with van der Waals surface area (Å²) in [6.07, 6.45) is 0. The van der Waals surface area contributed by atoms with Crippen molar-refractivity contribution in [1.82, 2.24) is 9.97 Å². The minimum Gasteiger partial charge on any atom is -0.322 e. The van der Waals surface area contributed by atoms with Crippen molar-refractivity contribution in [3.05, 3.63) is 76.9 Å². The number of para-hydroxylation sites is 2. The summed E-state index contributed by atoms with van der Waals surface area (Å²) in [5.41, 5.74) is 3.90. The lowest BCUT2D eigenvalue weighted by Gasteiger charge is -2.16. The van der Waals surface area contributed by atoms with Crippen LogP contribution in [0.3, 0.4) is 0 Å². The first-order valence-electron chi connectivity index (χ1n) is 9.13. The highest BCUT2D eigenvalue weighted by Gasteiger charge is 2.16. The van der Waals surface area contributed by atoms with E-state index in [0.29, 0.717) is 5.69 Å². The summed E-state index contributed by atoms with van der Waals surface area (Å²) in [4.78, 5) is 21.4. The number of carbonyl (C=O) groups excluding carboxylic acids is 1. The van der Waals surface area contributed by atoms with Gasteiger partial charge < -0.3 is 10.6 Å². The first-order valence-corrected chi connectivity index (χ1v) is 9.13. The van der Waals surface area contributed by atoms with Crippen LogP contribution in [-0.4, -0.2) is 15.9 Å². The Labute approximate surface area is 164 Å². The second-order valence-corrected chi connectivity index (χ2v) is 6.97. The molecule has 1 heterocycles. The number of aromatic nitrogens is 2. The first kappa shape index (κ1) is 19.5. The zero-order valence-electron chi connectivity index (χ0n) is 16.4. The number of amides is 1. The fraction of sp³-hybridized carbons (Fsp3) is 0.227. The number of halogens is 1. The lowest BCUT2D eigenvalue weighted by Crippen LogP contribution is -2.17. The van der Waals surface area contributed by atoms with Crippen molar-refractivity contribution in [2.45, 2.75) is 33.6 Å². The number of benzene rings is 2. The molecular weight excluding hydrogens is 355 g/mol. The number of anilines is 3. The molecule has 0 aliphatic rings. The highest BCUT2D eigenvalue weighted by molar-refractivity contribution is 6.04. The largest absolute Gasteiger partial charge is 0.322 e. The summed E-state index contributed by atoms with van der Waals surface area (Å²) in [6, 6.07) is 13.8. The Morgan fingerprint density at radius 3 is 2.50 bits per heavy atom. The number of rotatable bonds is 5. The third-order valence-electron chi connectivity index (χ3n) is 4.37. The van der Waals surface area contributed by atoms with Crippen LogP contribution in [0.15, 0.2) is 48.5 Å². The Bertz CT molecular complexity index is 1020. The van der Waals surface area contributed by atoms with Crippen LogP contribution < -0.4 is 10.6 Å². The molecule has 0 radical (unpaired) electrons. The van der Waals surface area contributed by atoms with Crippen LogP contribution in [0.1, 0.15) is 47.1 Å². The van der Waals surface area contributed by atoms with E-state index < -0.39 is 5.82 Å². The molecule has 0 aliphatic carbocycles. The zero-order chi connectivity index (χ0) is 20.3. The predicted octanol–water partition coefficient (Wildman–Crippen LogP) is 5.35. The Hall–Kier alpha value is -3.28. The summed E-state index contributed by atoms with van der Waals surface area (Å²) in [5, 5.41) is 5.81. The second-order valence-electron chi connectivity index (χ2n) is 6.97. The van der Waals surface area contributed by atoms with Crippen LogP contribution in [0.5, 0.6) is 0 Å². The van der Waals surface area contributed by atoms with E-state index in [4.69, 9.17) is 0 Å². The molecule has 144 valence electrons. The first-order chi connectivity index (χ1) is 13.3. The summed E-state index contributed by atoms with van der Waals surface area (Å²) >= 11 is 0. The van der Waals surface area contributed by atoms with Crippen molar-refractivity contribution in [2.75, 3.05) is 10.6 Å².